The van der Waals surface area contributed by atoms with Crippen LogP contribution in [0.15, 0.2) is 58.1 Å². The molecule has 0 radical (unpaired) electrons. The number of hydrogen-bond acceptors (Lipinski definition) is 5. The van der Waals surface area contributed by atoms with Crippen molar-refractivity contribution in [2.24, 2.45) is 0 Å². The topological polar surface area (TPSA) is 73.5 Å². The van der Waals surface area contributed by atoms with Gasteiger partial charge in [-0.3, -0.25) is 14.2 Å². The zero-order valence-corrected chi connectivity index (χ0v) is 20.1. The third-order valence-electron chi connectivity index (χ3n) is 6.33. The van der Waals surface area contributed by atoms with Crippen LogP contribution in [0.5, 0.6) is 5.75 Å². The summed E-state index contributed by atoms with van der Waals surface area (Å²) < 4.78 is 8.30. The third kappa shape index (κ3) is 3.74. The lowest BCUT2D eigenvalue weighted by molar-refractivity contribution is -0.129. The first kappa shape index (κ1) is 22.2. The van der Waals surface area contributed by atoms with Crippen LogP contribution in [0.1, 0.15) is 28.5 Å². The number of hydrogen-bond donors (Lipinski definition) is 0. The van der Waals surface area contributed by atoms with Gasteiger partial charge in [-0.2, -0.15) is 0 Å². The van der Waals surface area contributed by atoms with Gasteiger partial charge < -0.3 is 9.64 Å². The second-order valence-corrected chi connectivity index (χ2v) is 9.65. The molecular formula is C26H25N3O4S. The number of ether oxygens (including phenoxy) is 1. The molecule has 1 aliphatic rings. The number of rotatable bonds is 4. The molecule has 4 aromatic rings. The molecule has 0 unspecified atom stereocenters. The predicted molar refractivity (Wildman–Crippen MR) is 133 cm³/mol. The van der Waals surface area contributed by atoms with Crippen molar-refractivity contribution >= 4 is 27.5 Å². The Labute approximate surface area is 200 Å². The normalized spacial score (nSPS) is 13.2. The summed E-state index contributed by atoms with van der Waals surface area (Å²) in [7, 11) is 1.61. The van der Waals surface area contributed by atoms with Gasteiger partial charge >= 0.3 is 5.69 Å². The lowest BCUT2D eigenvalue weighted by Gasteiger charge is -2.25. The lowest BCUT2D eigenvalue weighted by atomic mass is 10.1. The van der Waals surface area contributed by atoms with Crippen LogP contribution in [0.3, 0.4) is 0 Å². The van der Waals surface area contributed by atoms with Crippen LogP contribution < -0.4 is 16.0 Å². The van der Waals surface area contributed by atoms with Gasteiger partial charge in [-0.05, 0) is 48.7 Å². The molecule has 0 atom stereocenters. The van der Waals surface area contributed by atoms with E-state index in [1.807, 2.05) is 43.3 Å². The van der Waals surface area contributed by atoms with E-state index >= 15 is 0 Å². The van der Waals surface area contributed by atoms with Gasteiger partial charge in [0.2, 0.25) is 5.91 Å². The highest BCUT2D eigenvalue weighted by Crippen LogP contribution is 2.33. The predicted octanol–water partition coefficient (Wildman–Crippen LogP) is 3.48. The van der Waals surface area contributed by atoms with Crippen LogP contribution >= 0.6 is 11.3 Å². The van der Waals surface area contributed by atoms with E-state index in [9.17, 15) is 14.4 Å². The average Bonchev–Trinajstić information content (AvgIpc) is 3.22. The minimum Gasteiger partial charge on any atom is -0.497 e. The van der Waals surface area contributed by atoms with Gasteiger partial charge in [-0.15, -0.1) is 11.3 Å². The summed E-state index contributed by atoms with van der Waals surface area (Å²) in [4.78, 5) is 42.9. The number of aromatic nitrogens is 2. The highest BCUT2D eigenvalue weighted by Gasteiger charge is 2.27. The number of amides is 1. The highest BCUT2D eigenvalue weighted by atomic mass is 32.1. The van der Waals surface area contributed by atoms with E-state index in [0.29, 0.717) is 47.7 Å². The summed E-state index contributed by atoms with van der Waals surface area (Å²) in [5, 5.41) is 0.575. The maximum absolute atomic E-state index is 13.8. The van der Waals surface area contributed by atoms with Gasteiger partial charge in [0, 0.05) is 18.3 Å². The Morgan fingerprint density at radius 1 is 1.12 bits per heavy atom. The Bertz CT molecular complexity index is 1530. The van der Waals surface area contributed by atoms with Crippen molar-refractivity contribution in [3.63, 3.8) is 0 Å². The molecule has 174 valence electrons. The summed E-state index contributed by atoms with van der Waals surface area (Å²) in [6.45, 7) is 4.84. The molecule has 7 nitrogen and oxygen atoms in total. The first-order chi connectivity index (χ1) is 16.4. The Kier molecular flexibility index (Phi) is 5.61. The number of methoxy groups -OCH3 is 1. The number of thiophene rings is 1. The zero-order valence-electron chi connectivity index (χ0n) is 19.3. The van der Waals surface area contributed by atoms with Crippen molar-refractivity contribution in [2.75, 3.05) is 13.7 Å². The first-order valence-electron chi connectivity index (χ1n) is 11.1. The molecule has 2 aromatic heterocycles. The molecular weight excluding hydrogens is 450 g/mol. The van der Waals surface area contributed by atoms with Crippen molar-refractivity contribution in [1.82, 2.24) is 14.0 Å². The third-order valence-corrected chi connectivity index (χ3v) is 7.57. The van der Waals surface area contributed by atoms with Crippen molar-refractivity contribution in [2.45, 2.75) is 33.4 Å². The number of benzene rings is 2. The fraction of sp³-hybridized carbons (Fsp3) is 0.269. The van der Waals surface area contributed by atoms with Gasteiger partial charge in [0.05, 0.1) is 31.3 Å². The number of carbonyl (C=O) groups excluding carboxylic acids is 1. The molecule has 3 heterocycles. The molecule has 0 saturated heterocycles. The van der Waals surface area contributed by atoms with Crippen molar-refractivity contribution in [3.8, 4) is 11.4 Å². The molecule has 34 heavy (non-hydrogen) atoms. The molecule has 2 aromatic carbocycles. The van der Waals surface area contributed by atoms with Crippen molar-refractivity contribution < 1.29 is 9.53 Å². The van der Waals surface area contributed by atoms with Crippen LogP contribution in [0.25, 0.3) is 15.9 Å². The van der Waals surface area contributed by atoms with Gasteiger partial charge in [0.25, 0.3) is 5.56 Å². The Balaban J connectivity index is 1.78. The maximum atomic E-state index is 13.8. The Morgan fingerprint density at radius 2 is 1.88 bits per heavy atom. The lowest BCUT2D eigenvalue weighted by Crippen LogP contribution is -2.39. The monoisotopic (exact) mass is 475 g/mol. The average molecular weight is 476 g/mol. The molecule has 0 aliphatic carbocycles. The molecule has 5 rings (SSSR count). The van der Waals surface area contributed by atoms with Crippen LogP contribution in [0, 0.1) is 6.92 Å². The molecule has 0 saturated carbocycles. The second kappa shape index (κ2) is 8.61. The molecule has 1 aliphatic heterocycles. The molecule has 0 spiro atoms. The minimum atomic E-state index is -0.383. The smallest absolute Gasteiger partial charge is 0.337 e. The summed E-state index contributed by atoms with van der Waals surface area (Å²) in [5.41, 5.74) is 2.75. The van der Waals surface area contributed by atoms with E-state index < -0.39 is 0 Å². The van der Waals surface area contributed by atoms with E-state index in [1.165, 1.54) is 15.9 Å². The minimum absolute atomic E-state index is 0.00828. The number of fused-ring (bicyclic) bond motifs is 3. The molecule has 0 fully saturated rings. The summed E-state index contributed by atoms with van der Waals surface area (Å²) in [6.07, 6.45) is 0.593. The van der Waals surface area contributed by atoms with Gasteiger partial charge in [0.15, 0.2) is 0 Å². The summed E-state index contributed by atoms with van der Waals surface area (Å²) in [6, 6.07) is 15.0. The van der Waals surface area contributed by atoms with E-state index in [0.717, 1.165) is 21.6 Å². The quantitative estimate of drug-likeness (QED) is 0.453. The van der Waals surface area contributed by atoms with Crippen molar-refractivity contribution in [3.05, 3.63) is 90.9 Å². The van der Waals surface area contributed by atoms with E-state index in [-0.39, 0.29) is 17.2 Å². The molecule has 1 amide bonds. The SMILES string of the molecule is COc1cccc(Cn2c(=O)n(-c3ccc(C)cc3)c(=O)c3c4c(sc32)CN(C(C)=O)CC4)c1. The van der Waals surface area contributed by atoms with Crippen LogP contribution in [0.2, 0.25) is 0 Å². The molecule has 8 heteroatoms. The zero-order chi connectivity index (χ0) is 24.0. The van der Waals surface area contributed by atoms with E-state index in [2.05, 4.69) is 0 Å². The number of nitrogens with zero attached hydrogens (tertiary/aromatic N) is 3. The van der Waals surface area contributed by atoms with Gasteiger partial charge in [-0.25, -0.2) is 9.36 Å². The second-order valence-electron chi connectivity index (χ2n) is 8.57. The van der Waals surface area contributed by atoms with E-state index in [1.54, 1.807) is 35.6 Å². The first-order valence-corrected chi connectivity index (χ1v) is 11.9. The van der Waals surface area contributed by atoms with Gasteiger partial charge in [-0.1, -0.05) is 29.8 Å². The van der Waals surface area contributed by atoms with Crippen LogP contribution in [0.4, 0.5) is 0 Å². The fourth-order valence-electron chi connectivity index (χ4n) is 4.49. The number of carbonyl (C=O) groups is 1. The molecule has 0 N–H and O–H groups in total. The summed E-state index contributed by atoms with van der Waals surface area (Å²) >= 11 is 1.44. The van der Waals surface area contributed by atoms with Crippen LogP contribution in [-0.4, -0.2) is 33.6 Å². The summed E-state index contributed by atoms with van der Waals surface area (Å²) in [5.74, 6) is 0.713. The Morgan fingerprint density at radius 3 is 2.59 bits per heavy atom. The Hall–Kier alpha value is -3.65. The van der Waals surface area contributed by atoms with Crippen LogP contribution in [-0.2, 0) is 24.3 Å². The largest absolute Gasteiger partial charge is 0.497 e. The van der Waals surface area contributed by atoms with E-state index in [4.69, 9.17) is 4.74 Å². The standard InChI is InChI=1S/C26H25N3O4S/c1-16-7-9-19(10-8-16)29-24(31)23-21-11-12-27(17(2)30)15-22(21)34-25(23)28(26(29)32)14-18-5-4-6-20(13-18)33-3/h4-10,13H,11-12,14-15H2,1-3H3. The molecule has 0 bridgehead atoms. The van der Waals surface area contributed by atoms with Gasteiger partial charge in [0.1, 0.15) is 10.6 Å². The number of aryl methyl sites for hydroxylation is 1. The fourth-order valence-corrected chi connectivity index (χ4v) is 5.84. The van der Waals surface area contributed by atoms with Crippen molar-refractivity contribution in [1.29, 1.82) is 0 Å². The highest BCUT2D eigenvalue weighted by molar-refractivity contribution is 7.18. The maximum Gasteiger partial charge on any atom is 0.337 e.